The highest BCUT2D eigenvalue weighted by Crippen LogP contribution is 2.32. The van der Waals surface area contributed by atoms with Crippen molar-refractivity contribution < 1.29 is 13.9 Å². The van der Waals surface area contributed by atoms with Crippen LogP contribution in [0.2, 0.25) is 0 Å². The molecule has 1 atom stereocenters. The third-order valence-electron chi connectivity index (χ3n) is 4.13. The van der Waals surface area contributed by atoms with Gasteiger partial charge in [-0.3, -0.25) is 0 Å². The molecule has 5 nitrogen and oxygen atoms in total. The van der Waals surface area contributed by atoms with E-state index in [9.17, 15) is 9.18 Å². The number of ether oxygens (including phenoxy) is 1. The molecule has 6 heteroatoms. The van der Waals surface area contributed by atoms with Crippen LogP contribution in [-0.4, -0.2) is 17.1 Å². The normalized spacial score (nSPS) is 15.8. The van der Waals surface area contributed by atoms with Crippen molar-refractivity contribution in [1.29, 1.82) is 0 Å². The van der Waals surface area contributed by atoms with Gasteiger partial charge in [-0.2, -0.15) is 0 Å². The molecule has 2 aromatic rings. The number of urea groups is 1. The van der Waals surface area contributed by atoms with Crippen molar-refractivity contribution in [2.45, 2.75) is 45.4 Å². The molecule has 1 aromatic carbocycles. The lowest BCUT2D eigenvalue weighted by atomic mass is 10.1. The lowest BCUT2D eigenvalue weighted by Crippen LogP contribution is -2.36. The first-order chi connectivity index (χ1) is 12.0. The van der Waals surface area contributed by atoms with Crippen molar-refractivity contribution in [1.82, 2.24) is 15.6 Å². The number of amides is 2. The second-order valence-corrected chi connectivity index (χ2v) is 6.40. The molecular formula is C19H22FN3O2. The van der Waals surface area contributed by atoms with Crippen molar-refractivity contribution in [3.8, 4) is 5.88 Å². The average molecular weight is 343 g/mol. The summed E-state index contributed by atoms with van der Waals surface area (Å²) in [5, 5.41) is 5.72. The molecule has 3 rings (SSSR count). The van der Waals surface area contributed by atoms with E-state index in [1.54, 1.807) is 18.3 Å². The number of rotatable bonds is 5. The van der Waals surface area contributed by atoms with Gasteiger partial charge in [0.05, 0.1) is 12.1 Å². The summed E-state index contributed by atoms with van der Waals surface area (Å²) in [6.45, 7) is 4.24. The van der Waals surface area contributed by atoms with E-state index in [4.69, 9.17) is 4.74 Å². The summed E-state index contributed by atoms with van der Waals surface area (Å²) >= 11 is 0. The van der Waals surface area contributed by atoms with Crippen molar-refractivity contribution >= 4 is 6.03 Å². The van der Waals surface area contributed by atoms with Crippen LogP contribution in [0.15, 0.2) is 36.5 Å². The summed E-state index contributed by atoms with van der Waals surface area (Å²) < 4.78 is 19.2. The van der Waals surface area contributed by atoms with Gasteiger partial charge in [0.2, 0.25) is 5.88 Å². The van der Waals surface area contributed by atoms with Crippen molar-refractivity contribution in [3.63, 3.8) is 0 Å². The number of nitrogens with one attached hydrogen (secondary N) is 2. The van der Waals surface area contributed by atoms with Gasteiger partial charge in [0.15, 0.2) is 0 Å². The fourth-order valence-corrected chi connectivity index (χ4v) is 2.98. The number of hydrogen-bond donors (Lipinski definition) is 2. The zero-order chi connectivity index (χ0) is 17.8. The molecular weight excluding hydrogens is 321 g/mol. The van der Waals surface area contributed by atoms with Gasteiger partial charge in [0, 0.05) is 18.8 Å². The Morgan fingerprint density at radius 1 is 1.36 bits per heavy atom. The van der Waals surface area contributed by atoms with E-state index in [-0.39, 0.29) is 24.0 Å². The maximum absolute atomic E-state index is 13.7. The molecule has 0 bridgehead atoms. The molecule has 1 aromatic heterocycles. The number of nitrogens with zero attached hydrogens (tertiary/aromatic N) is 1. The van der Waals surface area contributed by atoms with Gasteiger partial charge in [-0.05, 0) is 49.4 Å². The number of benzene rings is 1. The molecule has 0 spiro atoms. The zero-order valence-corrected chi connectivity index (χ0v) is 14.4. The van der Waals surface area contributed by atoms with E-state index in [1.807, 2.05) is 26.0 Å². The summed E-state index contributed by atoms with van der Waals surface area (Å²) in [6, 6.07) is 8.24. The molecule has 0 fully saturated rings. The molecule has 2 N–H and O–H groups in total. The van der Waals surface area contributed by atoms with E-state index < -0.39 is 0 Å². The van der Waals surface area contributed by atoms with Gasteiger partial charge in [-0.1, -0.05) is 18.2 Å². The second kappa shape index (κ2) is 7.51. The smallest absolute Gasteiger partial charge is 0.315 e. The van der Waals surface area contributed by atoms with Crippen LogP contribution in [0.5, 0.6) is 5.88 Å². The molecule has 132 valence electrons. The van der Waals surface area contributed by atoms with E-state index in [0.717, 1.165) is 11.1 Å². The van der Waals surface area contributed by atoms with E-state index in [2.05, 4.69) is 15.6 Å². The fourth-order valence-electron chi connectivity index (χ4n) is 2.98. The standard InChI is InChI=1S/C19H22FN3O2/c1-12(2)25-18-9-6-13(10-21-18)11-22-19(24)23-17-8-7-14-15(17)4-3-5-16(14)20/h3-6,9-10,12,17H,7-8,11H2,1-2H3,(H2,22,23,24). The minimum Gasteiger partial charge on any atom is -0.475 e. The Labute approximate surface area is 146 Å². The second-order valence-electron chi connectivity index (χ2n) is 6.40. The topological polar surface area (TPSA) is 63.2 Å². The van der Waals surface area contributed by atoms with Gasteiger partial charge < -0.3 is 15.4 Å². The first kappa shape index (κ1) is 17.2. The van der Waals surface area contributed by atoms with Gasteiger partial charge in [-0.25, -0.2) is 14.2 Å². The Bertz CT molecular complexity index is 747. The van der Waals surface area contributed by atoms with Gasteiger partial charge in [0.1, 0.15) is 5.82 Å². The lowest BCUT2D eigenvalue weighted by molar-refractivity contribution is 0.232. The maximum Gasteiger partial charge on any atom is 0.315 e. The molecule has 25 heavy (non-hydrogen) atoms. The molecule has 1 heterocycles. The molecule has 0 saturated carbocycles. The lowest BCUT2D eigenvalue weighted by Gasteiger charge is -2.15. The number of pyridine rings is 1. The number of hydrogen-bond acceptors (Lipinski definition) is 3. The Hall–Kier alpha value is -2.63. The van der Waals surface area contributed by atoms with Crippen LogP contribution in [0.3, 0.4) is 0 Å². The highest BCUT2D eigenvalue weighted by molar-refractivity contribution is 5.74. The summed E-state index contributed by atoms with van der Waals surface area (Å²) in [7, 11) is 0. The van der Waals surface area contributed by atoms with Crippen molar-refractivity contribution in [3.05, 3.63) is 59.0 Å². The first-order valence-corrected chi connectivity index (χ1v) is 8.46. The zero-order valence-electron chi connectivity index (χ0n) is 14.4. The van der Waals surface area contributed by atoms with E-state index in [1.165, 1.54) is 6.07 Å². The monoisotopic (exact) mass is 343 g/mol. The maximum atomic E-state index is 13.7. The van der Waals surface area contributed by atoms with Crippen molar-refractivity contribution in [2.75, 3.05) is 0 Å². The Morgan fingerprint density at radius 3 is 2.92 bits per heavy atom. The van der Waals surface area contributed by atoms with Crippen LogP contribution < -0.4 is 15.4 Å². The van der Waals surface area contributed by atoms with Gasteiger partial charge in [0.25, 0.3) is 0 Å². The first-order valence-electron chi connectivity index (χ1n) is 8.46. The van der Waals surface area contributed by atoms with Crippen LogP contribution in [-0.2, 0) is 13.0 Å². The molecule has 1 unspecified atom stereocenters. The Kier molecular flexibility index (Phi) is 5.16. The molecule has 1 aliphatic carbocycles. The predicted octanol–water partition coefficient (Wildman–Crippen LogP) is 3.49. The minimum absolute atomic E-state index is 0.0707. The summed E-state index contributed by atoms with van der Waals surface area (Å²) in [6.07, 6.45) is 3.11. The average Bonchev–Trinajstić information content (AvgIpc) is 2.98. The van der Waals surface area contributed by atoms with Crippen LogP contribution in [0, 0.1) is 5.82 Å². The van der Waals surface area contributed by atoms with Crippen LogP contribution >= 0.6 is 0 Å². The van der Waals surface area contributed by atoms with Crippen LogP contribution in [0.25, 0.3) is 0 Å². The highest BCUT2D eigenvalue weighted by Gasteiger charge is 2.25. The van der Waals surface area contributed by atoms with Gasteiger partial charge in [-0.15, -0.1) is 0 Å². The largest absolute Gasteiger partial charge is 0.475 e. The molecule has 1 aliphatic rings. The number of fused-ring (bicyclic) bond motifs is 1. The number of halogens is 1. The van der Waals surface area contributed by atoms with Crippen LogP contribution in [0.1, 0.15) is 43.0 Å². The van der Waals surface area contributed by atoms with Gasteiger partial charge >= 0.3 is 6.03 Å². The highest BCUT2D eigenvalue weighted by atomic mass is 19.1. The number of aromatic nitrogens is 1. The quantitative estimate of drug-likeness (QED) is 0.873. The minimum atomic E-state index is -0.274. The van der Waals surface area contributed by atoms with Crippen molar-refractivity contribution in [2.24, 2.45) is 0 Å². The third kappa shape index (κ3) is 4.26. The van der Waals surface area contributed by atoms with E-state index in [0.29, 0.717) is 30.8 Å². The molecule has 2 amide bonds. The number of carbonyl (C=O) groups excluding carboxylic acids is 1. The number of carbonyl (C=O) groups is 1. The third-order valence-corrected chi connectivity index (χ3v) is 4.13. The fraction of sp³-hybridized carbons (Fsp3) is 0.368. The summed E-state index contributed by atoms with van der Waals surface area (Å²) in [5.41, 5.74) is 2.45. The van der Waals surface area contributed by atoms with Crippen LogP contribution in [0.4, 0.5) is 9.18 Å². The SMILES string of the molecule is CC(C)Oc1ccc(CNC(=O)NC2CCc3c(F)cccc32)cn1. The predicted molar refractivity (Wildman–Crippen MR) is 92.8 cm³/mol. The van der Waals surface area contributed by atoms with E-state index >= 15 is 0 Å². The summed E-state index contributed by atoms with van der Waals surface area (Å²) in [5.74, 6) is 0.366. The molecule has 0 radical (unpaired) electrons. The molecule has 0 aliphatic heterocycles. The Morgan fingerprint density at radius 2 is 2.20 bits per heavy atom. The summed E-state index contributed by atoms with van der Waals surface area (Å²) in [4.78, 5) is 16.3. The Balaban J connectivity index is 1.52. The molecule has 0 saturated heterocycles.